The molecule has 0 spiro atoms. The summed E-state index contributed by atoms with van der Waals surface area (Å²) in [4.78, 5) is 33.9. The number of hydrogen-bond acceptors (Lipinski definition) is 7. The van der Waals surface area contributed by atoms with Crippen LogP contribution in [0.25, 0.3) is 0 Å². The zero-order chi connectivity index (χ0) is 29.6. The Balaban J connectivity index is 1.28. The van der Waals surface area contributed by atoms with Crippen molar-refractivity contribution in [3.8, 4) is 5.75 Å². The molecule has 1 atom stereocenters. The van der Waals surface area contributed by atoms with Gasteiger partial charge in [0, 0.05) is 31.4 Å². The number of fused-ring (bicyclic) bond motifs is 1. The van der Waals surface area contributed by atoms with Gasteiger partial charge in [-0.15, -0.1) is 0 Å². The first-order valence-electron chi connectivity index (χ1n) is 14.8. The van der Waals surface area contributed by atoms with Crippen LogP contribution in [0, 0.1) is 11.7 Å². The summed E-state index contributed by atoms with van der Waals surface area (Å²) in [5.74, 6) is 0.749. The molecule has 224 valence electrons. The molecule has 0 saturated carbocycles. The molecule has 2 aliphatic heterocycles. The molecule has 1 fully saturated rings. The normalized spacial score (nSPS) is 16.5. The van der Waals surface area contributed by atoms with Gasteiger partial charge in [0.25, 0.3) is 0 Å². The van der Waals surface area contributed by atoms with Crippen LogP contribution in [0.5, 0.6) is 5.75 Å². The number of ether oxygens (including phenoxy) is 3. The van der Waals surface area contributed by atoms with E-state index in [2.05, 4.69) is 17.0 Å². The average Bonchev–Trinajstić information content (AvgIpc) is 2.89. The Morgan fingerprint density at radius 3 is 2.61 bits per heavy atom. The van der Waals surface area contributed by atoms with Crippen molar-refractivity contribution in [1.29, 1.82) is 0 Å². The minimum atomic E-state index is -0.549. The van der Waals surface area contributed by atoms with Gasteiger partial charge in [0.15, 0.2) is 11.6 Å². The van der Waals surface area contributed by atoms with E-state index >= 15 is 0 Å². The second-order valence-electron chi connectivity index (χ2n) is 12.0. The van der Waals surface area contributed by atoms with Crippen molar-refractivity contribution in [2.45, 2.75) is 84.3 Å². The number of benzene rings is 1. The van der Waals surface area contributed by atoms with Crippen molar-refractivity contribution < 1.29 is 28.2 Å². The number of halogens is 1. The Morgan fingerprint density at radius 2 is 1.93 bits per heavy atom. The summed E-state index contributed by atoms with van der Waals surface area (Å²) >= 11 is 0. The largest absolute Gasteiger partial charge is 0.494 e. The van der Waals surface area contributed by atoms with Crippen LogP contribution in [-0.4, -0.2) is 60.9 Å². The van der Waals surface area contributed by atoms with E-state index in [0.717, 1.165) is 74.3 Å². The summed E-state index contributed by atoms with van der Waals surface area (Å²) in [6, 6.07) is 8.86. The summed E-state index contributed by atoms with van der Waals surface area (Å²) in [5.41, 5.74) is 2.29. The van der Waals surface area contributed by atoms with E-state index in [-0.39, 0.29) is 30.3 Å². The molecule has 1 aromatic heterocycles. The number of amides is 1. The fourth-order valence-corrected chi connectivity index (χ4v) is 5.62. The Bertz CT molecular complexity index is 1210. The summed E-state index contributed by atoms with van der Waals surface area (Å²) < 4.78 is 30.3. The van der Waals surface area contributed by atoms with E-state index in [1.165, 1.54) is 13.2 Å². The minimum Gasteiger partial charge on any atom is -0.494 e. The Morgan fingerprint density at radius 1 is 1.15 bits per heavy atom. The van der Waals surface area contributed by atoms with E-state index in [4.69, 9.17) is 19.2 Å². The number of carbonyl (C=O) groups is 2. The fourth-order valence-electron chi connectivity index (χ4n) is 5.62. The number of likely N-dealkylation sites (tertiary alicyclic amines) is 1. The number of methoxy groups -OCH3 is 1. The van der Waals surface area contributed by atoms with E-state index in [9.17, 15) is 14.0 Å². The Hall–Kier alpha value is -3.20. The monoisotopic (exact) mass is 569 g/mol. The zero-order valence-electron chi connectivity index (χ0n) is 25.1. The molecule has 0 unspecified atom stereocenters. The maximum atomic E-state index is 14.4. The molecule has 4 rings (SSSR count). The first kappa shape index (κ1) is 30.8. The standard InChI is InChI=1S/C32H44FN3O5/c1-6-40-29(37)19-27(24-14-16-28(39-5)26(33)18-24)35-20-22(21-35)10-7-8-12-25-15-13-23-11-9-17-36(30(23)34-25)31(38)41-32(2,3)4/h13-16,18,22,27H,6-12,17,19-21H2,1-5H3/t27-/m0/s1. The molecular weight excluding hydrogens is 525 g/mol. The molecule has 41 heavy (non-hydrogen) atoms. The van der Waals surface area contributed by atoms with Crippen LogP contribution >= 0.6 is 0 Å². The lowest BCUT2D eigenvalue weighted by molar-refractivity contribution is -0.145. The highest BCUT2D eigenvalue weighted by molar-refractivity contribution is 5.88. The number of aromatic nitrogens is 1. The molecule has 1 aromatic carbocycles. The summed E-state index contributed by atoms with van der Waals surface area (Å²) in [6.07, 6.45) is 5.67. The van der Waals surface area contributed by atoms with Gasteiger partial charge in [-0.1, -0.05) is 18.6 Å². The Kier molecular flexibility index (Phi) is 10.2. The summed E-state index contributed by atoms with van der Waals surface area (Å²) in [6.45, 7) is 10.1. The molecule has 1 amide bonds. The predicted octanol–water partition coefficient (Wildman–Crippen LogP) is 6.26. The second-order valence-corrected chi connectivity index (χ2v) is 12.0. The lowest BCUT2D eigenvalue weighted by Crippen LogP contribution is -2.49. The molecule has 9 heteroatoms. The number of carbonyl (C=O) groups excluding carboxylic acids is 2. The van der Waals surface area contributed by atoms with Gasteiger partial charge in [0.1, 0.15) is 11.4 Å². The van der Waals surface area contributed by atoms with E-state index in [1.54, 1.807) is 17.9 Å². The number of aryl methyl sites for hydroxylation is 2. The fraction of sp³-hybridized carbons (Fsp3) is 0.594. The lowest BCUT2D eigenvalue weighted by atomic mass is 9.89. The van der Waals surface area contributed by atoms with Crippen LogP contribution in [0.4, 0.5) is 15.0 Å². The highest BCUT2D eigenvalue weighted by Gasteiger charge is 2.35. The first-order valence-corrected chi connectivity index (χ1v) is 14.8. The maximum absolute atomic E-state index is 14.4. The van der Waals surface area contributed by atoms with Crippen molar-refractivity contribution in [3.63, 3.8) is 0 Å². The van der Waals surface area contributed by atoms with E-state index in [0.29, 0.717) is 19.1 Å². The first-order chi connectivity index (χ1) is 19.6. The van der Waals surface area contributed by atoms with E-state index < -0.39 is 11.4 Å². The molecule has 0 bridgehead atoms. The predicted molar refractivity (Wildman–Crippen MR) is 156 cm³/mol. The topological polar surface area (TPSA) is 81.2 Å². The number of hydrogen-bond donors (Lipinski definition) is 0. The lowest BCUT2D eigenvalue weighted by Gasteiger charge is -2.44. The number of rotatable bonds is 11. The van der Waals surface area contributed by atoms with Crippen LogP contribution in [-0.2, 0) is 27.1 Å². The van der Waals surface area contributed by atoms with Gasteiger partial charge in [-0.05, 0) is 95.0 Å². The average molecular weight is 570 g/mol. The van der Waals surface area contributed by atoms with Crippen molar-refractivity contribution >= 4 is 17.9 Å². The summed E-state index contributed by atoms with van der Waals surface area (Å²) in [7, 11) is 1.44. The van der Waals surface area contributed by atoms with Crippen molar-refractivity contribution in [2.75, 3.05) is 38.3 Å². The van der Waals surface area contributed by atoms with Crippen LogP contribution in [0.15, 0.2) is 30.3 Å². The van der Waals surface area contributed by atoms with Crippen LogP contribution < -0.4 is 9.64 Å². The van der Waals surface area contributed by atoms with Gasteiger partial charge < -0.3 is 14.2 Å². The van der Waals surface area contributed by atoms with Crippen molar-refractivity contribution in [3.05, 3.63) is 53.0 Å². The number of esters is 1. The third-order valence-corrected chi connectivity index (χ3v) is 7.66. The molecular formula is C32H44FN3O5. The molecule has 0 N–H and O–H groups in total. The van der Waals surface area contributed by atoms with Gasteiger partial charge in [-0.2, -0.15) is 0 Å². The third kappa shape index (κ3) is 8.18. The number of unbranched alkanes of at least 4 members (excludes halogenated alkanes) is 1. The highest BCUT2D eigenvalue weighted by atomic mass is 19.1. The van der Waals surface area contributed by atoms with Gasteiger partial charge in [0.2, 0.25) is 0 Å². The van der Waals surface area contributed by atoms with Crippen LogP contribution in [0.2, 0.25) is 0 Å². The zero-order valence-corrected chi connectivity index (χ0v) is 25.1. The molecule has 2 aromatic rings. The Labute approximate surface area is 243 Å². The second kappa shape index (κ2) is 13.6. The SMILES string of the molecule is CCOC(=O)C[C@@H](c1ccc(OC)c(F)c1)N1CC(CCCCc2ccc3c(n2)N(C(=O)OC(C)(C)C)CCC3)C1. The van der Waals surface area contributed by atoms with Crippen molar-refractivity contribution in [2.24, 2.45) is 5.92 Å². The van der Waals surface area contributed by atoms with Crippen molar-refractivity contribution in [1.82, 2.24) is 9.88 Å². The quantitative estimate of drug-likeness (QED) is 0.234. The molecule has 0 radical (unpaired) electrons. The van der Waals surface area contributed by atoms with Gasteiger partial charge in [0.05, 0.1) is 20.1 Å². The number of anilines is 1. The smallest absolute Gasteiger partial charge is 0.416 e. The van der Waals surface area contributed by atoms with Gasteiger partial charge >= 0.3 is 12.1 Å². The number of nitrogens with zero attached hydrogens (tertiary/aromatic N) is 3. The highest BCUT2D eigenvalue weighted by Crippen LogP contribution is 2.35. The van der Waals surface area contributed by atoms with Gasteiger partial charge in [-0.3, -0.25) is 14.6 Å². The summed E-state index contributed by atoms with van der Waals surface area (Å²) in [5, 5.41) is 0. The molecule has 1 saturated heterocycles. The molecule has 2 aliphatic rings. The maximum Gasteiger partial charge on any atom is 0.416 e. The molecule has 8 nitrogen and oxygen atoms in total. The van der Waals surface area contributed by atoms with E-state index in [1.807, 2.05) is 26.8 Å². The van der Waals surface area contributed by atoms with Crippen LogP contribution in [0.1, 0.15) is 82.7 Å². The molecule has 3 heterocycles. The van der Waals surface area contributed by atoms with Crippen LogP contribution in [0.3, 0.4) is 0 Å². The number of pyridine rings is 1. The minimum absolute atomic E-state index is 0.191. The van der Waals surface area contributed by atoms with Gasteiger partial charge in [-0.25, -0.2) is 14.2 Å². The third-order valence-electron chi connectivity index (χ3n) is 7.66. The molecule has 0 aliphatic carbocycles.